The minimum atomic E-state index is -0.842. The molecule has 0 aliphatic heterocycles. The highest BCUT2D eigenvalue weighted by Gasteiger charge is 2.18. The molecule has 2 unspecified atom stereocenters. The van der Waals surface area contributed by atoms with E-state index in [2.05, 4.69) is 19.2 Å². The molecule has 0 saturated carbocycles. The van der Waals surface area contributed by atoms with Crippen LogP contribution >= 0.6 is 0 Å². The molecule has 0 spiro atoms. The third-order valence-electron chi connectivity index (χ3n) is 14.3. The highest BCUT2D eigenvalue weighted by Crippen LogP contribution is 2.18. The molecule has 0 bridgehead atoms. The van der Waals surface area contributed by atoms with Crippen LogP contribution in [-0.2, 0) is 14.3 Å². The van der Waals surface area contributed by atoms with E-state index >= 15 is 0 Å². The Balaban J connectivity index is 3.36. The van der Waals surface area contributed by atoms with Gasteiger partial charge in [0.15, 0.2) is 0 Å². The minimum absolute atomic E-state index is 0.0172. The Kier molecular flexibility index (Phi) is 56.0. The Morgan fingerprint density at radius 2 is 0.687 bits per heavy atom. The summed E-state index contributed by atoms with van der Waals surface area (Å²) in [5.41, 5.74) is 0. The number of aliphatic hydroxyl groups is 2. The Morgan fingerprint density at radius 3 is 1.01 bits per heavy atom. The first-order valence-electron chi connectivity index (χ1n) is 30.5. The van der Waals surface area contributed by atoms with E-state index < -0.39 is 12.1 Å². The standard InChI is InChI=1S/C61H119NO5/c1-3-5-7-9-11-13-15-17-27-31-35-39-43-47-51-55-61(66)67-56-52-48-44-40-36-32-29-26-24-22-20-18-19-21-23-25-28-30-34-38-42-46-50-54-60(65)62-58(57-63)59(64)53-49-45-41-37-33-16-14-12-10-8-6-4-2/h49,53,58-59,63-64H,3-48,50-52,54-57H2,1-2H3,(H,62,65)/b53-49+. The van der Waals surface area contributed by atoms with E-state index in [1.807, 2.05) is 6.08 Å². The van der Waals surface area contributed by atoms with Crippen molar-refractivity contribution >= 4 is 11.9 Å². The molecule has 0 aliphatic rings. The molecule has 0 radical (unpaired) electrons. The van der Waals surface area contributed by atoms with Crippen LogP contribution in [0.25, 0.3) is 0 Å². The number of esters is 1. The fourth-order valence-corrected chi connectivity index (χ4v) is 9.64. The molecule has 3 N–H and O–H groups in total. The van der Waals surface area contributed by atoms with Crippen molar-refractivity contribution < 1.29 is 24.5 Å². The summed E-state index contributed by atoms with van der Waals surface area (Å²) in [6.07, 6.45) is 68.2. The molecule has 0 fully saturated rings. The molecular weight excluding hydrogens is 827 g/mol. The Hall–Kier alpha value is -1.40. The second-order valence-corrected chi connectivity index (χ2v) is 21.0. The Labute approximate surface area is 419 Å². The second kappa shape index (κ2) is 57.2. The van der Waals surface area contributed by atoms with E-state index in [0.717, 1.165) is 38.5 Å². The molecule has 0 aromatic rings. The molecule has 6 nitrogen and oxygen atoms in total. The van der Waals surface area contributed by atoms with Crippen molar-refractivity contribution in [3.05, 3.63) is 12.2 Å². The lowest BCUT2D eigenvalue weighted by Gasteiger charge is -2.20. The lowest BCUT2D eigenvalue weighted by molar-refractivity contribution is -0.143. The molecule has 0 saturated heterocycles. The summed E-state index contributed by atoms with van der Waals surface area (Å²) < 4.78 is 5.49. The summed E-state index contributed by atoms with van der Waals surface area (Å²) in [5.74, 6) is -0.0494. The second-order valence-electron chi connectivity index (χ2n) is 21.0. The number of rotatable bonds is 57. The van der Waals surface area contributed by atoms with Gasteiger partial charge in [-0.3, -0.25) is 9.59 Å². The largest absolute Gasteiger partial charge is 0.466 e. The van der Waals surface area contributed by atoms with Gasteiger partial charge in [0.2, 0.25) is 5.91 Å². The molecule has 398 valence electrons. The van der Waals surface area contributed by atoms with Gasteiger partial charge in [-0.25, -0.2) is 0 Å². The van der Waals surface area contributed by atoms with E-state index in [4.69, 9.17) is 4.74 Å². The number of ether oxygens (including phenoxy) is 1. The Morgan fingerprint density at radius 1 is 0.403 bits per heavy atom. The molecule has 0 aromatic heterocycles. The molecule has 0 rings (SSSR count). The van der Waals surface area contributed by atoms with Gasteiger partial charge >= 0.3 is 5.97 Å². The maximum absolute atomic E-state index is 12.4. The van der Waals surface area contributed by atoms with Crippen LogP contribution in [0.15, 0.2) is 12.2 Å². The summed E-state index contributed by atoms with van der Waals surface area (Å²) >= 11 is 0. The number of hydrogen-bond donors (Lipinski definition) is 3. The van der Waals surface area contributed by atoms with E-state index in [9.17, 15) is 19.8 Å². The lowest BCUT2D eigenvalue weighted by Crippen LogP contribution is -2.45. The first-order chi connectivity index (χ1) is 33.0. The predicted molar refractivity (Wildman–Crippen MR) is 292 cm³/mol. The quantitative estimate of drug-likeness (QED) is 0.0321. The van der Waals surface area contributed by atoms with Gasteiger partial charge in [-0.2, -0.15) is 0 Å². The van der Waals surface area contributed by atoms with Gasteiger partial charge in [0.05, 0.1) is 25.4 Å². The molecule has 0 aliphatic carbocycles. The number of carbonyl (C=O) groups excluding carboxylic acids is 2. The molecule has 0 aromatic carbocycles. The molecular formula is C61H119NO5. The fraction of sp³-hybridized carbons (Fsp3) is 0.934. The van der Waals surface area contributed by atoms with Crippen LogP contribution < -0.4 is 5.32 Å². The maximum Gasteiger partial charge on any atom is 0.305 e. The first-order valence-corrected chi connectivity index (χ1v) is 30.5. The summed E-state index contributed by atoms with van der Waals surface area (Å²) in [6, 6.07) is -0.625. The normalized spacial score (nSPS) is 12.6. The van der Waals surface area contributed by atoms with Gasteiger partial charge in [0.25, 0.3) is 0 Å². The highest BCUT2D eigenvalue weighted by molar-refractivity contribution is 5.76. The van der Waals surface area contributed by atoms with Crippen LogP contribution in [0.5, 0.6) is 0 Å². The molecule has 2 atom stereocenters. The van der Waals surface area contributed by atoms with Crippen molar-refractivity contribution in [2.24, 2.45) is 0 Å². The van der Waals surface area contributed by atoms with Crippen molar-refractivity contribution in [3.63, 3.8) is 0 Å². The lowest BCUT2D eigenvalue weighted by atomic mass is 10.0. The molecule has 1 amide bonds. The zero-order chi connectivity index (χ0) is 48.6. The zero-order valence-corrected chi connectivity index (χ0v) is 45.4. The number of allylic oxidation sites excluding steroid dienone is 1. The number of amides is 1. The van der Waals surface area contributed by atoms with Gasteiger partial charge in [-0.15, -0.1) is 0 Å². The van der Waals surface area contributed by atoms with Crippen LogP contribution in [-0.4, -0.2) is 47.4 Å². The predicted octanol–water partition coefficient (Wildman–Crippen LogP) is 18.9. The number of hydrogen-bond acceptors (Lipinski definition) is 5. The monoisotopic (exact) mass is 946 g/mol. The smallest absolute Gasteiger partial charge is 0.305 e. The van der Waals surface area contributed by atoms with E-state index in [-0.39, 0.29) is 18.5 Å². The molecule has 0 heterocycles. The number of unbranched alkanes of at least 4 members (excludes halogenated alkanes) is 46. The van der Waals surface area contributed by atoms with Crippen molar-refractivity contribution in [1.29, 1.82) is 0 Å². The number of carbonyl (C=O) groups is 2. The summed E-state index contributed by atoms with van der Waals surface area (Å²) in [4.78, 5) is 24.5. The third-order valence-corrected chi connectivity index (χ3v) is 14.3. The summed E-state index contributed by atoms with van der Waals surface area (Å²) in [7, 11) is 0. The van der Waals surface area contributed by atoms with Gasteiger partial charge in [0.1, 0.15) is 0 Å². The average molecular weight is 947 g/mol. The number of aliphatic hydroxyl groups excluding tert-OH is 2. The summed E-state index contributed by atoms with van der Waals surface area (Å²) in [6.45, 7) is 4.92. The van der Waals surface area contributed by atoms with Crippen LogP contribution in [0, 0.1) is 0 Å². The van der Waals surface area contributed by atoms with Crippen LogP contribution in [0.4, 0.5) is 0 Å². The maximum atomic E-state index is 12.4. The average Bonchev–Trinajstić information content (AvgIpc) is 3.33. The van der Waals surface area contributed by atoms with Gasteiger partial charge in [-0.05, 0) is 32.1 Å². The van der Waals surface area contributed by atoms with Crippen molar-refractivity contribution in [1.82, 2.24) is 5.32 Å². The fourth-order valence-electron chi connectivity index (χ4n) is 9.64. The third kappa shape index (κ3) is 53.8. The Bertz CT molecular complexity index is 1000. The van der Waals surface area contributed by atoms with Crippen molar-refractivity contribution in [2.45, 2.75) is 353 Å². The highest BCUT2D eigenvalue weighted by atomic mass is 16.5. The van der Waals surface area contributed by atoms with E-state index in [1.165, 1.54) is 276 Å². The SMILES string of the molecule is CCCCCCCCCCCC/C=C/C(O)C(CO)NC(=O)CCCCCCCCCCCCCCCCCCCCCCCCCOC(=O)CCCCCCCCCCCCCCCCC. The van der Waals surface area contributed by atoms with E-state index in [1.54, 1.807) is 6.08 Å². The van der Waals surface area contributed by atoms with Gasteiger partial charge in [-0.1, -0.05) is 309 Å². The van der Waals surface area contributed by atoms with E-state index in [0.29, 0.717) is 19.4 Å². The van der Waals surface area contributed by atoms with Crippen LogP contribution in [0.2, 0.25) is 0 Å². The molecule has 6 heteroatoms. The zero-order valence-electron chi connectivity index (χ0n) is 45.4. The van der Waals surface area contributed by atoms with Crippen LogP contribution in [0.3, 0.4) is 0 Å². The van der Waals surface area contributed by atoms with Gasteiger partial charge < -0.3 is 20.3 Å². The number of nitrogens with one attached hydrogen (secondary N) is 1. The topological polar surface area (TPSA) is 95.9 Å². The summed E-state index contributed by atoms with van der Waals surface area (Å²) in [5, 5.41) is 23.0. The van der Waals surface area contributed by atoms with Crippen molar-refractivity contribution in [2.75, 3.05) is 13.2 Å². The minimum Gasteiger partial charge on any atom is -0.466 e. The first kappa shape index (κ1) is 65.6. The van der Waals surface area contributed by atoms with Crippen molar-refractivity contribution in [3.8, 4) is 0 Å². The molecule has 67 heavy (non-hydrogen) atoms. The van der Waals surface area contributed by atoms with Gasteiger partial charge in [0, 0.05) is 12.8 Å². The van der Waals surface area contributed by atoms with Crippen LogP contribution in [0.1, 0.15) is 341 Å².